The fraction of sp³-hybridized carbons (Fsp3) is 0.600. The van der Waals surface area contributed by atoms with Crippen LogP contribution < -0.4 is 4.90 Å². The van der Waals surface area contributed by atoms with Crippen molar-refractivity contribution >= 4 is 17.5 Å². The standard InChI is InChI=1S/C20H26N2O2/c1-2-14-5-7-17(8-6-14)21-13-16(11-19(21)23)20(24)22(18-9-10-18)12-15-3-4-15/h5-8,15-16,18H,2-4,9-13H2,1H3. The largest absolute Gasteiger partial charge is 0.339 e. The molecule has 128 valence electrons. The van der Waals surface area contributed by atoms with Crippen molar-refractivity contribution in [2.24, 2.45) is 11.8 Å². The molecule has 1 saturated heterocycles. The summed E-state index contributed by atoms with van der Waals surface area (Å²) in [5, 5.41) is 0. The maximum absolute atomic E-state index is 13.0. The molecule has 0 radical (unpaired) electrons. The third kappa shape index (κ3) is 3.19. The van der Waals surface area contributed by atoms with E-state index in [1.807, 2.05) is 12.1 Å². The van der Waals surface area contributed by atoms with Gasteiger partial charge >= 0.3 is 0 Å². The molecule has 2 aliphatic carbocycles. The molecule has 1 heterocycles. The first-order valence-corrected chi connectivity index (χ1v) is 9.35. The van der Waals surface area contributed by atoms with E-state index in [2.05, 4.69) is 24.0 Å². The molecule has 1 atom stereocenters. The van der Waals surface area contributed by atoms with Crippen LogP contribution in [0.3, 0.4) is 0 Å². The molecule has 0 bridgehead atoms. The van der Waals surface area contributed by atoms with E-state index in [1.54, 1.807) is 4.90 Å². The highest BCUT2D eigenvalue weighted by Gasteiger charge is 2.42. The van der Waals surface area contributed by atoms with Crippen LogP contribution in [0.2, 0.25) is 0 Å². The predicted octanol–water partition coefficient (Wildman–Crippen LogP) is 3.00. The van der Waals surface area contributed by atoms with Crippen LogP contribution in [0.5, 0.6) is 0 Å². The van der Waals surface area contributed by atoms with E-state index >= 15 is 0 Å². The first-order chi connectivity index (χ1) is 11.7. The van der Waals surface area contributed by atoms with Crippen molar-refractivity contribution in [2.45, 2.75) is 51.5 Å². The summed E-state index contributed by atoms with van der Waals surface area (Å²) in [5.41, 5.74) is 2.19. The smallest absolute Gasteiger partial charge is 0.228 e. The third-order valence-electron chi connectivity index (χ3n) is 5.55. The summed E-state index contributed by atoms with van der Waals surface area (Å²) in [6, 6.07) is 8.60. The first kappa shape index (κ1) is 15.7. The van der Waals surface area contributed by atoms with Crippen LogP contribution in [0.1, 0.15) is 44.6 Å². The number of benzene rings is 1. The minimum absolute atomic E-state index is 0.0831. The van der Waals surface area contributed by atoms with Crippen LogP contribution in [-0.2, 0) is 16.0 Å². The second-order valence-corrected chi connectivity index (χ2v) is 7.59. The minimum atomic E-state index is -0.164. The van der Waals surface area contributed by atoms with Gasteiger partial charge in [-0.2, -0.15) is 0 Å². The lowest BCUT2D eigenvalue weighted by Crippen LogP contribution is -2.40. The van der Waals surface area contributed by atoms with E-state index in [0.717, 1.165) is 31.5 Å². The lowest BCUT2D eigenvalue weighted by atomic mass is 10.1. The summed E-state index contributed by atoms with van der Waals surface area (Å²) in [6.07, 6.45) is 6.16. The Kier molecular flexibility index (Phi) is 4.07. The number of anilines is 1. The Bertz CT molecular complexity index is 632. The summed E-state index contributed by atoms with van der Waals surface area (Å²) in [7, 11) is 0. The van der Waals surface area contributed by atoms with Crippen molar-refractivity contribution < 1.29 is 9.59 Å². The zero-order valence-corrected chi connectivity index (χ0v) is 14.4. The van der Waals surface area contributed by atoms with Gasteiger partial charge in [0.2, 0.25) is 11.8 Å². The topological polar surface area (TPSA) is 40.6 Å². The van der Waals surface area contributed by atoms with Gasteiger partial charge in [-0.25, -0.2) is 0 Å². The SMILES string of the molecule is CCc1ccc(N2CC(C(=O)N(CC3CC3)C3CC3)CC2=O)cc1. The quantitative estimate of drug-likeness (QED) is 0.806. The minimum Gasteiger partial charge on any atom is -0.339 e. The number of nitrogens with zero attached hydrogens (tertiary/aromatic N) is 2. The summed E-state index contributed by atoms with van der Waals surface area (Å²) in [6.45, 7) is 3.58. The second-order valence-electron chi connectivity index (χ2n) is 7.59. The van der Waals surface area contributed by atoms with E-state index in [0.29, 0.717) is 24.9 Å². The Morgan fingerprint density at radius 1 is 1.17 bits per heavy atom. The number of hydrogen-bond acceptors (Lipinski definition) is 2. The molecule has 2 amide bonds. The van der Waals surface area contributed by atoms with Crippen LogP contribution in [-0.4, -0.2) is 35.8 Å². The molecule has 4 heteroatoms. The fourth-order valence-electron chi connectivity index (χ4n) is 3.65. The van der Waals surface area contributed by atoms with Crippen LogP contribution in [0.4, 0.5) is 5.69 Å². The molecule has 1 aromatic carbocycles. The molecule has 4 nitrogen and oxygen atoms in total. The molecule has 2 saturated carbocycles. The Morgan fingerprint density at radius 2 is 1.88 bits per heavy atom. The average Bonchev–Trinajstić information content (AvgIpc) is 3.51. The number of hydrogen-bond donors (Lipinski definition) is 0. The molecule has 0 N–H and O–H groups in total. The van der Waals surface area contributed by atoms with Crippen LogP contribution in [0.25, 0.3) is 0 Å². The number of carbonyl (C=O) groups is 2. The van der Waals surface area contributed by atoms with Gasteiger partial charge in [-0.1, -0.05) is 19.1 Å². The molecular weight excluding hydrogens is 300 g/mol. The van der Waals surface area contributed by atoms with E-state index in [-0.39, 0.29) is 17.7 Å². The summed E-state index contributed by atoms with van der Waals surface area (Å²) in [4.78, 5) is 29.3. The highest BCUT2D eigenvalue weighted by atomic mass is 16.2. The normalized spacial score (nSPS) is 23.6. The van der Waals surface area contributed by atoms with Gasteiger partial charge in [-0.3, -0.25) is 9.59 Å². The maximum Gasteiger partial charge on any atom is 0.228 e. The van der Waals surface area contributed by atoms with E-state index in [1.165, 1.54) is 18.4 Å². The summed E-state index contributed by atoms with van der Waals surface area (Å²) < 4.78 is 0. The van der Waals surface area contributed by atoms with Gasteiger partial charge in [0.25, 0.3) is 0 Å². The lowest BCUT2D eigenvalue weighted by molar-refractivity contribution is -0.136. The van der Waals surface area contributed by atoms with Gasteiger partial charge in [-0.05, 0) is 55.7 Å². The highest BCUT2D eigenvalue weighted by Crippen LogP contribution is 2.37. The lowest BCUT2D eigenvalue weighted by Gasteiger charge is -2.25. The van der Waals surface area contributed by atoms with Crippen LogP contribution in [0.15, 0.2) is 24.3 Å². The maximum atomic E-state index is 13.0. The molecular formula is C20H26N2O2. The van der Waals surface area contributed by atoms with Crippen molar-refractivity contribution in [3.63, 3.8) is 0 Å². The van der Waals surface area contributed by atoms with E-state index < -0.39 is 0 Å². The number of amides is 2. The summed E-state index contributed by atoms with van der Waals surface area (Å²) >= 11 is 0. The average molecular weight is 326 g/mol. The van der Waals surface area contributed by atoms with Gasteiger partial charge in [0.1, 0.15) is 0 Å². The Morgan fingerprint density at radius 3 is 2.46 bits per heavy atom. The molecule has 24 heavy (non-hydrogen) atoms. The predicted molar refractivity (Wildman–Crippen MR) is 93.7 cm³/mol. The third-order valence-corrected chi connectivity index (χ3v) is 5.55. The molecule has 3 fully saturated rings. The second kappa shape index (κ2) is 6.23. The van der Waals surface area contributed by atoms with Gasteiger partial charge in [-0.15, -0.1) is 0 Å². The Labute approximate surface area is 143 Å². The molecule has 0 spiro atoms. The van der Waals surface area contributed by atoms with Gasteiger partial charge in [0.15, 0.2) is 0 Å². The number of carbonyl (C=O) groups excluding carboxylic acids is 2. The molecule has 4 rings (SSSR count). The highest BCUT2D eigenvalue weighted by molar-refractivity contribution is 6.00. The fourth-order valence-corrected chi connectivity index (χ4v) is 3.65. The van der Waals surface area contributed by atoms with Crippen LogP contribution in [0, 0.1) is 11.8 Å². The molecule has 3 aliphatic rings. The van der Waals surface area contributed by atoms with Crippen molar-refractivity contribution in [1.29, 1.82) is 0 Å². The number of rotatable bonds is 6. The van der Waals surface area contributed by atoms with Gasteiger partial charge < -0.3 is 9.80 Å². The van der Waals surface area contributed by atoms with Gasteiger partial charge in [0.05, 0.1) is 5.92 Å². The Balaban J connectivity index is 1.44. The zero-order valence-electron chi connectivity index (χ0n) is 14.4. The molecule has 1 aliphatic heterocycles. The van der Waals surface area contributed by atoms with Crippen molar-refractivity contribution in [2.75, 3.05) is 18.0 Å². The van der Waals surface area contributed by atoms with Gasteiger partial charge in [0, 0.05) is 31.2 Å². The monoisotopic (exact) mass is 326 g/mol. The molecule has 1 aromatic rings. The van der Waals surface area contributed by atoms with Crippen molar-refractivity contribution in [1.82, 2.24) is 4.90 Å². The van der Waals surface area contributed by atoms with Crippen molar-refractivity contribution in [3.05, 3.63) is 29.8 Å². The first-order valence-electron chi connectivity index (χ1n) is 9.35. The zero-order chi connectivity index (χ0) is 16.7. The van der Waals surface area contributed by atoms with E-state index in [9.17, 15) is 9.59 Å². The Hall–Kier alpha value is -1.84. The number of aryl methyl sites for hydroxylation is 1. The molecule has 0 aromatic heterocycles. The summed E-state index contributed by atoms with van der Waals surface area (Å²) in [5.74, 6) is 0.845. The van der Waals surface area contributed by atoms with Crippen molar-refractivity contribution in [3.8, 4) is 0 Å². The van der Waals surface area contributed by atoms with Crippen LogP contribution >= 0.6 is 0 Å². The van der Waals surface area contributed by atoms with E-state index in [4.69, 9.17) is 0 Å². The molecule has 1 unspecified atom stereocenters.